The summed E-state index contributed by atoms with van der Waals surface area (Å²) in [6.45, 7) is 7.37. The van der Waals surface area contributed by atoms with E-state index in [-0.39, 0.29) is 48.5 Å². The van der Waals surface area contributed by atoms with Crippen molar-refractivity contribution < 1.29 is 32.4 Å². The van der Waals surface area contributed by atoms with E-state index in [1.54, 1.807) is 40.1 Å². The van der Waals surface area contributed by atoms with Crippen LogP contribution in [0.3, 0.4) is 0 Å². The number of benzene rings is 1. The number of hydrogen-bond acceptors (Lipinski definition) is 7. The van der Waals surface area contributed by atoms with Gasteiger partial charge in [0.1, 0.15) is 17.2 Å². The molecule has 0 radical (unpaired) electrons. The Morgan fingerprint density at radius 3 is 2.59 bits per heavy atom. The molecule has 12 heteroatoms. The smallest absolute Gasteiger partial charge is 0.410 e. The Bertz CT molecular complexity index is 1410. The van der Waals surface area contributed by atoms with Gasteiger partial charge in [0, 0.05) is 44.5 Å². The van der Waals surface area contributed by atoms with Crippen molar-refractivity contribution in [3.05, 3.63) is 71.7 Å². The number of halogens is 2. The fraction of sp³-hybridized carbons (Fsp3) is 0.414. The Morgan fingerprint density at radius 1 is 1.17 bits per heavy atom. The molecule has 3 aromatic rings. The first-order valence-electron chi connectivity index (χ1n) is 13.2. The molecule has 0 saturated carbocycles. The van der Waals surface area contributed by atoms with Crippen molar-refractivity contribution in [2.24, 2.45) is 5.92 Å². The quantitative estimate of drug-likeness (QED) is 0.461. The van der Waals surface area contributed by atoms with Crippen molar-refractivity contribution in [2.75, 3.05) is 20.1 Å². The van der Waals surface area contributed by atoms with Crippen LogP contribution in [-0.4, -0.2) is 69.6 Å². The van der Waals surface area contributed by atoms with Gasteiger partial charge in [-0.1, -0.05) is 11.2 Å². The topological polar surface area (TPSA) is 118 Å². The summed E-state index contributed by atoms with van der Waals surface area (Å²) in [6.07, 6.45) is 1.36. The third-order valence-electron chi connectivity index (χ3n) is 6.88. The lowest BCUT2D eigenvalue weighted by Crippen LogP contribution is -2.57. The third kappa shape index (κ3) is 7.05. The van der Waals surface area contributed by atoms with Gasteiger partial charge in [-0.3, -0.25) is 14.6 Å². The largest absolute Gasteiger partial charge is 0.444 e. The van der Waals surface area contributed by atoms with Gasteiger partial charge in [0.25, 0.3) is 5.91 Å². The predicted molar refractivity (Wildman–Crippen MR) is 144 cm³/mol. The van der Waals surface area contributed by atoms with E-state index in [0.717, 1.165) is 6.07 Å². The van der Waals surface area contributed by atoms with E-state index in [2.05, 4.69) is 15.5 Å². The number of aromatic nitrogens is 2. The Kier molecular flexibility index (Phi) is 8.69. The monoisotopic (exact) mass is 569 g/mol. The Hall–Kier alpha value is -4.35. The van der Waals surface area contributed by atoms with Crippen LogP contribution in [0.25, 0.3) is 11.3 Å². The number of ether oxygens (including phenoxy) is 1. The van der Waals surface area contributed by atoms with Crippen LogP contribution < -0.4 is 5.32 Å². The summed E-state index contributed by atoms with van der Waals surface area (Å²) in [7, 11) is 1.65. The maximum Gasteiger partial charge on any atom is 0.410 e. The molecule has 2 aromatic heterocycles. The molecule has 0 spiro atoms. The molecule has 1 N–H and O–H groups in total. The number of piperidine rings is 1. The van der Waals surface area contributed by atoms with Crippen molar-refractivity contribution in [1.29, 1.82) is 0 Å². The molecule has 1 aliphatic heterocycles. The zero-order valence-corrected chi connectivity index (χ0v) is 23.6. The molecule has 1 aromatic carbocycles. The number of likely N-dealkylation sites (tertiary alicyclic amines) is 1. The van der Waals surface area contributed by atoms with Gasteiger partial charge in [-0.25, -0.2) is 13.6 Å². The summed E-state index contributed by atoms with van der Waals surface area (Å²) in [5.74, 6) is -3.41. The number of carbonyl (C=O) groups excluding carboxylic acids is 3. The summed E-state index contributed by atoms with van der Waals surface area (Å²) in [5.41, 5.74) is -0.228. The maximum atomic E-state index is 14.2. The molecule has 0 bridgehead atoms. The van der Waals surface area contributed by atoms with Crippen molar-refractivity contribution in [3.63, 3.8) is 0 Å². The highest BCUT2D eigenvalue weighted by Crippen LogP contribution is 2.27. The molecule has 3 unspecified atom stereocenters. The highest BCUT2D eigenvalue weighted by atomic mass is 19.1. The molecular formula is C29H33F2N5O5. The first kappa shape index (κ1) is 29.6. The summed E-state index contributed by atoms with van der Waals surface area (Å²) in [4.78, 5) is 47.2. The van der Waals surface area contributed by atoms with E-state index in [4.69, 9.17) is 9.26 Å². The van der Waals surface area contributed by atoms with E-state index in [1.807, 2.05) is 19.1 Å². The van der Waals surface area contributed by atoms with Gasteiger partial charge < -0.3 is 24.4 Å². The second-order valence-corrected chi connectivity index (χ2v) is 11.0. The predicted octanol–water partition coefficient (Wildman–Crippen LogP) is 4.59. The average molecular weight is 570 g/mol. The van der Waals surface area contributed by atoms with Crippen molar-refractivity contribution >= 4 is 17.9 Å². The highest BCUT2D eigenvalue weighted by Gasteiger charge is 2.40. The standard InChI is InChI=1S/C29H33F2N5O5/c1-17(22-8-6-7-12-32-22)35(5)27(38)20-16-36(28(39)40-29(2,3)4)13-11-23(20)33-26(37)24-15-25(41-34-24)19-10-9-18(30)14-21(19)31/h6-10,12,14-15,17,20,23H,11,13,16H2,1-5H3,(H,33,37). The second kappa shape index (κ2) is 12.0. The number of carbonyl (C=O) groups is 3. The average Bonchev–Trinajstić information content (AvgIpc) is 3.42. The second-order valence-electron chi connectivity index (χ2n) is 11.0. The first-order valence-corrected chi connectivity index (χ1v) is 13.2. The van der Waals surface area contributed by atoms with Gasteiger partial charge >= 0.3 is 6.09 Å². The van der Waals surface area contributed by atoms with Gasteiger partial charge in [-0.2, -0.15) is 0 Å². The number of hydrogen-bond donors (Lipinski definition) is 1. The minimum absolute atomic E-state index is 0.0167. The molecule has 3 heterocycles. The molecule has 10 nitrogen and oxygen atoms in total. The minimum atomic E-state index is -0.863. The lowest BCUT2D eigenvalue weighted by Gasteiger charge is -2.40. The van der Waals surface area contributed by atoms with Crippen molar-refractivity contribution in [2.45, 2.75) is 51.8 Å². The maximum absolute atomic E-state index is 14.2. The summed E-state index contributed by atoms with van der Waals surface area (Å²) in [6, 6.07) is 8.59. The van der Waals surface area contributed by atoms with Gasteiger partial charge in [0.2, 0.25) is 5.91 Å². The van der Waals surface area contributed by atoms with E-state index in [9.17, 15) is 23.2 Å². The van der Waals surface area contributed by atoms with Crippen LogP contribution in [0.15, 0.2) is 53.2 Å². The van der Waals surface area contributed by atoms with Crippen LogP contribution in [0.5, 0.6) is 0 Å². The molecule has 3 amide bonds. The fourth-order valence-corrected chi connectivity index (χ4v) is 4.58. The Balaban J connectivity index is 1.54. The lowest BCUT2D eigenvalue weighted by molar-refractivity contribution is -0.138. The third-order valence-corrected chi connectivity index (χ3v) is 6.88. The van der Waals surface area contributed by atoms with E-state index in [1.165, 1.54) is 21.9 Å². The fourth-order valence-electron chi connectivity index (χ4n) is 4.58. The molecule has 3 atom stereocenters. The Morgan fingerprint density at radius 2 is 1.93 bits per heavy atom. The number of nitrogens with zero attached hydrogens (tertiary/aromatic N) is 4. The molecule has 1 saturated heterocycles. The summed E-state index contributed by atoms with van der Waals surface area (Å²) >= 11 is 0. The number of rotatable bonds is 6. The van der Waals surface area contributed by atoms with Crippen LogP contribution in [0.2, 0.25) is 0 Å². The van der Waals surface area contributed by atoms with Crippen LogP contribution in [0.1, 0.15) is 56.3 Å². The zero-order valence-electron chi connectivity index (χ0n) is 23.6. The first-order chi connectivity index (χ1) is 19.3. The molecule has 41 heavy (non-hydrogen) atoms. The van der Waals surface area contributed by atoms with Crippen LogP contribution in [0, 0.1) is 17.6 Å². The van der Waals surface area contributed by atoms with E-state index in [0.29, 0.717) is 11.8 Å². The van der Waals surface area contributed by atoms with Crippen LogP contribution >= 0.6 is 0 Å². The molecule has 0 aliphatic carbocycles. The Labute approximate surface area is 236 Å². The van der Waals surface area contributed by atoms with Crippen molar-refractivity contribution in [3.8, 4) is 11.3 Å². The van der Waals surface area contributed by atoms with Gasteiger partial charge in [0.15, 0.2) is 11.5 Å². The van der Waals surface area contributed by atoms with Gasteiger partial charge in [-0.05, 0) is 58.4 Å². The number of nitrogens with one attached hydrogen (secondary N) is 1. The van der Waals surface area contributed by atoms with Gasteiger partial charge in [0.05, 0.1) is 23.2 Å². The zero-order chi connectivity index (χ0) is 29.9. The SMILES string of the molecule is CC(c1ccccn1)N(C)C(=O)C1CN(C(=O)OC(C)(C)C)CCC1NC(=O)c1cc(-c2ccc(F)cc2F)on1. The number of amides is 3. The summed E-state index contributed by atoms with van der Waals surface area (Å²) < 4.78 is 38.2. The van der Waals surface area contributed by atoms with Crippen LogP contribution in [0.4, 0.5) is 13.6 Å². The minimum Gasteiger partial charge on any atom is -0.444 e. The van der Waals surface area contributed by atoms with Crippen LogP contribution in [-0.2, 0) is 9.53 Å². The molecule has 218 valence electrons. The highest BCUT2D eigenvalue weighted by molar-refractivity contribution is 5.94. The molecule has 1 aliphatic rings. The molecular weight excluding hydrogens is 536 g/mol. The number of pyridine rings is 1. The van der Waals surface area contributed by atoms with E-state index >= 15 is 0 Å². The molecule has 4 rings (SSSR count). The molecule has 1 fully saturated rings. The van der Waals surface area contributed by atoms with Gasteiger partial charge in [-0.15, -0.1) is 0 Å². The summed E-state index contributed by atoms with van der Waals surface area (Å²) in [5, 5.41) is 6.58. The lowest BCUT2D eigenvalue weighted by atomic mass is 9.90. The van der Waals surface area contributed by atoms with E-state index < -0.39 is 41.2 Å². The van der Waals surface area contributed by atoms with Crippen molar-refractivity contribution in [1.82, 2.24) is 25.3 Å². The normalized spacial score (nSPS) is 18.0.